The number of aliphatic imine (C=N–C) groups is 1. The molecule has 0 saturated carbocycles. The molecule has 2 rings (SSSR count). The summed E-state index contributed by atoms with van der Waals surface area (Å²) in [5.41, 5.74) is 1.66. The molecular formula is C21H27ClFIN4O2. The minimum atomic E-state index is -0.345. The van der Waals surface area contributed by atoms with E-state index in [1.54, 1.807) is 32.4 Å². The van der Waals surface area contributed by atoms with Crippen molar-refractivity contribution < 1.29 is 13.9 Å². The van der Waals surface area contributed by atoms with Crippen LogP contribution in [0, 0.1) is 5.82 Å². The van der Waals surface area contributed by atoms with Crippen LogP contribution in [0.15, 0.2) is 47.5 Å². The van der Waals surface area contributed by atoms with Gasteiger partial charge in [-0.3, -0.25) is 9.79 Å². The van der Waals surface area contributed by atoms with E-state index in [9.17, 15) is 9.18 Å². The summed E-state index contributed by atoms with van der Waals surface area (Å²) in [4.78, 5) is 16.1. The molecule has 0 unspecified atom stereocenters. The Morgan fingerprint density at radius 2 is 1.83 bits per heavy atom. The van der Waals surface area contributed by atoms with Gasteiger partial charge in [0.15, 0.2) is 5.96 Å². The fraction of sp³-hybridized carbons (Fsp3) is 0.333. The van der Waals surface area contributed by atoms with E-state index in [0.717, 1.165) is 17.7 Å². The first-order chi connectivity index (χ1) is 14.0. The first-order valence-corrected chi connectivity index (χ1v) is 9.67. The van der Waals surface area contributed by atoms with E-state index in [2.05, 4.69) is 20.9 Å². The molecule has 164 valence electrons. The maximum atomic E-state index is 13.1. The summed E-state index contributed by atoms with van der Waals surface area (Å²) in [6.07, 6.45) is 0.876. The summed E-state index contributed by atoms with van der Waals surface area (Å²) in [5, 5.41) is 9.79. The van der Waals surface area contributed by atoms with Crippen LogP contribution < -0.4 is 20.7 Å². The number of carbonyl (C=O) groups is 1. The van der Waals surface area contributed by atoms with Gasteiger partial charge in [0.1, 0.15) is 11.6 Å². The van der Waals surface area contributed by atoms with Crippen LogP contribution in [-0.4, -0.2) is 45.7 Å². The van der Waals surface area contributed by atoms with Crippen molar-refractivity contribution in [3.8, 4) is 5.75 Å². The molecule has 0 bridgehead atoms. The maximum absolute atomic E-state index is 13.1. The Morgan fingerprint density at radius 3 is 2.50 bits per heavy atom. The highest BCUT2D eigenvalue weighted by molar-refractivity contribution is 14.0. The molecule has 0 spiro atoms. The van der Waals surface area contributed by atoms with Crippen LogP contribution in [0.5, 0.6) is 5.75 Å². The summed E-state index contributed by atoms with van der Waals surface area (Å²) < 4.78 is 18.3. The summed E-state index contributed by atoms with van der Waals surface area (Å²) in [6.45, 7) is 1.59. The van der Waals surface area contributed by atoms with Crippen LogP contribution in [0.3, 0.4) is 0 Å². The molecule has 0 saturated heterocycles. The number of benzene rings is 2. The van der Waals surface area contributed by atoms with Crippen molar-refractivity contribution >= 4 is 47.4 Å². The van der Waals surface area contributed by atoms with Gasteiger partial charge >= 0.3 is 0 Å². The van der Waals surface area contributed by atoms with E-state index in [1.165, 1.54) is 12.1 Å². The molecule has 0 aliphatic heterocycles. The van der Waals surface area contributed by atoms with E-state index < -0.39 is 0 Å². The molecule has 0 aromatic heterocycles. The molecule has 0 fully saturated rings. The lowest BCUT2D eigenvalue weighted by Crippen LogP contribution is -2.42. The number of halogens is 3. The normalized spacial score (nSPS) is 10.7. The predicted molar refractivity (Wildman–Crippen MR) is 130 cm³/mol. The molecule has 0 heterocycles. The lowest BCUT2D eigenvalue weighted by atomic mass is 10.1. The average Bonchev–Trinajstić information content (AvgIpc) is 2.70. The summed E-state index contributed by atoms with van der Waals surface area (Å²) in [6, 6.07) is 11.6. The van der Waals surface area contributed by atoms with Crippen molar-refractivity contribution in [1.82, 2.24) is 16.0 Å². The largest absolute Gasteiger partial charge is 0.497 e. The fourth-order valence-corrected chi connectivity index (χ4v) is 2.94. The number of guanidine groups is 1. The molecule has 0 aliphatic carbocycles. The monoisotopic (exact) mass is 548 g/mol. The Balaban J connectivity index is 0.00000450. The zero-order valence-corrected chi connectivity index (χ0v) is 20.1. The molecule has 3 N–H and O–H groups in total. The molecule has 1 amide bonds. The van der Waals surface area contributed by atoms with Crippen LogP contribution in [0.1, 0.15) is 11.1 Å². The lowest BCUT2D eigenvalue weighted by Gasteiger charge is -2.13. The highest BCUT2D eigenvalue weighted by Gasteiger charge is 2.05. The van der Waals surface area contributed by atoms with Gasteiger partial charge in [-0.05, 0) is 41.8 Å². The molecule has 0 atom stereocenters. The Morgan fingerprint density at radius 1 is 1.10 bits per heavy atom. The Kier molecular flexibility index (Phi) is 12.1. The van der Waals surface area contributed by atoms with Crippen LogP contribution in [0.2, 0.25) is 5.02 Å². The first kappa shape index (κ1) is 26.0. The van der Waals surface area contributed by atoms with Crippen molar-refractivity contribution in [3.05, 3.63) is 64.4 Å². The second kappa shape index (κ2) is 14.0. The van der Waals surface area contributed by atoms with Crippen molar-refractivity contribution in [2.24, 2.45) is 4.99 Å². The number of nitrogens with one attached hydrogen (secondary N) is 3. The maximum Gasteiger partial charge on any atom is 0.224 e. The van der Waals surface area contributed by atoms with Gasteiger partial charge in [-0.1, -0.05) is 29.8 Å². The van der Waals surface area contributed by atoms with E-state index in [4.69, 9.17) is 16.3 Å². The van der Waals surface area contributed by atoms with Gasteiger partial charge in [0, 0.05) is 31.7 Å². The third-order valence-electron chi connectivity index (χ3n) is 4.16. The second-order valence-electron chi connectivity index (χ2n) is 6.29. The zero-order chi connectivity index (χ0) is 21.1. The molecule has 2 aromatic carbocycles. The Labute approximate surface area is 198 Å². The average molecular weight is 549 g/mol. The fourth-order valence-electron chi connectivity index (χ4n) is 2.67. The smallest absolute Gasteiger partial charge is 0.224 e. The highest BCUT2D eigenvalue weighted by Crippen LogP contribution is 2.22. The van der Waals surface area contributed by atoms with E-state index in [-0.39, 0.29) is 42.1 Å². The second-order valence-corrected chi connectivity index (χ2v) is 6.70. The van der Waals surface area contributed by atoms with Crippen LogP contribution in [0.4, 0.5) is 4.39 Å². The minimum Gasteiger partial charge on any atom is -0.497 e. The summed E-state index contributed by atoms with van der Waals surface area (Å²) in [5.74, 6) is 0.856. The molecule has 2 aromatic rings. The number of amides is 1. The summed E-state index contributed by atoms with van der Waals surface area (Å²) in [7, 11) is 3.28. The van der Waals surface area contributed by atoms with Gasteiger partial charge in [0.05, 0.1) is 13.5 Å². The van der Waals surface area contributed by atoms with Crippen molar-refractivity contribution in [1.29, 1.82) is 0 Å². The van der Waals surface area contributed by atoms with E-state index in [0.29, 0.717) is 36.2 Å². The number of rotatable bonds is 9. The van der Waals surface area contributed by atoms with Gasteiger partial charge in [-0.2, -0.15) is 0 Å². The molecule has 6 nitrogen and oxygen atoms in total. The van der Waals surface area contributed by atoms with Gasteiger partial charge in [-0.15, -0.1) is 24.0 Å². The minimum absolute atomic E-state index is 0. The van der Waals surface area contributed by atoms with Crippen LogP contribution in [0.25, 0.3) is 0 Å². The summed E-state index contributed by atoms with van der Waals surface area (Å²) >= 11 is 6.24. The molecule has 0 aliphatic rings. The number of nitrogens with zero attached hydrogens (tertiary/aromatic N) is 1. The molecule has 9 heteroatoms. The van der Waals surface area contributed by atoms with E-state index >= 15 is 0 Å². The predicted octanol–water partition coefficient (Wildman–Crippen LogP) is 3.17. The lowest BCUT2D eigenvalue weighted by molar-refractivity contribution is -0.120. The van der Waals surface area contributed by atoms with Gasteiger partial charge in [-0.25, -0.2) is 4.39 Å². The number of hydrogen-bond acceptors (Lipinski definition) is 3. The van der Waals surface area contributed by atoms with Gasteiger partial charge < -0.3 is 20.7 Å². The van der Waals surface area contributed by atoms with Gasteiger partial charge in [0.2, 0.25) is 5.91 Å². The Bertz CT molecular complexity index is 852. The highest BCUT2D eigenvalue weighted by atomic mass is 127. The molecular weight excluding hydrogens is 522 g/mol. The van der Waals surface area contributed by atoms with Crippen molar-refractivity contribution in [2.75, 3.05) is 33.8 Å². The van der Waals surface area contributed by atoms with Crippen LogP contribution in [-0.2, 0) is 17.6 Å². The quantitative estimate of drug-likeness (QED) is 0.195. The first-order valence-electron chi connectivity index (χ1n) is 9.30. The SMILES string of the molecule is CN=C(NCCNC(=O)Cc1cccc(F)c1)NCCc1ccc(OC)cc1Cl.I. The zero-order valence-electron chi connectivity index (χ0n) is 17.0. The third-order valence-corrected chi connectivity index (χ3v) is 4.52. The van der Waals surface area contributed by atoms with Gasteiger partial charge in [0.25, 0.3) is 0 Å². The van der Waals surface area contributed by atoms with Crippen LogP contribution >= 0.6 is 35.6 Å². The number of hydrogen-bond donors (Lipinski definition) is 3. The Hall–Kier alpha value is -2.07. The molecule has 0 radical (unpaired) electrons. The van der Waals surface area contributed by atoms with E-state index in [1.807, 2.05) is 12.1 Å². The van der Waals surface area contributed by atoms with Crippen molar-refractivity contribution in [3.63, 3.8) is 0 Å². The number of ether oxygens (including phenoxy) is 1. The number of methoxy groups -OCH3 is 1. The van der Waals surface area contributed by atoms with Crippen molar-refractivity contribution in [2.45, 2.75) is 12.8 Å². The molecule has 30 heavy (non-hydrogen) atoms. The standard InChI is InChI=1S/C21H26ClFN4O2.HI/c1-24-21(26-9-8-16-6-7-18(29-2)14-19(16)22)27-11-10-25-20(28)13-15-4-3-5-17(23)12-15;/h3-7,12,14H,8-11,13H2,1-2H3,(H,25,28)(H2,24,26,27);1H. The third kappa shape index (κ3) is 9.17. The topological polar surface area (TPSA) is 74.8 Å². The number of carbonyl (C=O) groups excluding carboxylic acids is 1.